The highest BCUT2D eigenvalue weighted by molar-refractivity contribution is 5.08. The Morgan fingerprint density at radius 3 is 2.24 bits per heavy atom. The molecule has 0 amide bonds. The monoisotopic (exact) mass is 235 g/mol. The molecule has 0 aromatic rings. The molecule has 0 aromatic heterocycles. The van der Waals surface area contributed by atoms with E-state index < -0.39 is 0 Å². The molecule has 17 heavy (non-hydrogen) atoms. The van der Waals surface area contributed by atoms with Gasteiger partial charge in [-0.3, -0.25) is 0 Å². The lowest BCUT2D eigenvalue weighted by Gasteiger charge is -2.22. The fourth-order valence-corrected chi connectivity index (χ4v) is 2.50. The van der Waals surface area contributed by atoms with E-state index in [-0.39, 0.29) is 5.41 Å². The number of rotatable bonds is 3. The summed E-state index contributed by atoms with van der Waals surface area (Å²) < 4.78 is 0. The average molecular weight is 235 g/mol. The highest BCUT2D eigenvalue weighted by Gasteiger charge is 2.17. The van der Waals surface area contributed by atoms with Crippen LogP contribution in [0.4, 0.5) is 0 Å². The maximum atomic E-state index is 3.58. The van der Waals surface area contributed by atoms with Gasteiger partial charge < -0.3 is 5.32 Å². The van der Waals surface area contributed by atoms with Crippen LogP contribution in [0.3, 0.4) is 0 Å². The van der Waals surface area contributed by atoms with Gasteiger partial charge in [-0.2, -0.15) is 0 Å². The van der Waals surface area contributed by atoms with Crippen LogP contribution >= 0.6 is 0 Å². The molecule has 1 aliphatic carbocycles. The molecule has 0 bridgehead atoms. The Kier molecular flexibility index (Phi) is 6.06. The summed E-state index contributed by atoms with van der Waals surface area (Å²) in [5.41, 5.74) is 0.132. The van der Waals surface area contributed by atoms with E-state index in [9.17, 15) is 0 Å². The van der Waals surface area contributed by atoms with Crippen molar-refractivity contribution in [2.75, 3.05) is 6.54 Å². The standard InChI is InChI=1S/C16H29N/c1-14(15-10-7-5-6-8-11-15)17-13-9-12-16(2,3)4/h14-15,17H,5-8,10-11,13H2,1-4H3/t14-/m0/s1. The van der Waals surface area contributed by atoms with Gasteiger partial charge in [-0.1, -0.05) is 37.5 Å². The first-order valence-electron chi connectivity index (χ1n) is 7.22. The highest BCUT2D eigenvalue weighted by atomic mass is 14.9. The molecule has 1 N–H and O–H groups in total. The summed E-state index contributed by atoms with van der Waals surface area (Å²) in [4.78, 5) is 0. The van der Waals surface area contributed by atoms with Crippen LogP contribution in [0.15, 0.2) is 0 Å². The molecule has 1 nitrogen and oxygen atoms in total. The van der Waals surface area contributed by atoms with Gasteiger partial charge in [0.05, 0.1) is 6.54 Å². The molecular formula is C16H29N. The van der Waals surface area contributed by atoms with Gasteiger partial charge in [-0.25, -0.2) is 0 Å². The van der Waals surface area contributed by atoms with Gasteiger partial charge in [0, 0.05) is 11.5 Å². The molecule has 0 aliphatic heterocycles. The van der Waals surface area contributed by atoms with Crippen molar-refractivity contribution in [3.05, 3.63) is 0 Å². The summed E-state index contributed by atoms with van der Waals surface area (Å²) in [7, 11) is 0. The maximum Gasteiger partial charge on any atom is 0.0578 e. The Balaban J connectivity index is 2.27. The zero-order valence-corrected chi connectivity index (χ0v) is 12.1. The van der Waals surface area contributed by atoms with E-state index in [2.05, 4.69) is 44.9 Å². The maximum absolute atomic E-state index is 3.58. The number of nitrogens with one attached hydrogen (secondary N) is 1. The van der Waals surface area contributed by atoms with Gasteiger partial charge in [-0.15, -0.1) is 0 Å². The summed E-state index contributed by atoms with van der Waals surface area (Å²) in [6.45, 7) is 9.65. The van der Waals surface area contributed by atoms with Crippen LogP contribution in [-0.2, 0) is 0 Å². The van der Waals surface area contributed by atoms with E-state index in [0.717, 1.165) is 12.5 Å². The fraction of sp³-hybridized carbons (Fsp3) is 0.875. The number of hydrogen-bond donors (Lipinski definition) is 1. The smallest absolute Gasteiger partial charge is 0.0578 e. The van der Waals surface area contributed by atoms with Crippen molar-refractivity contribution in [2.45, 2.75) is 72.3 Å². The van der Waals surface area contributed by atoms with E-state index in [1.807, 2.05) is 0 Å². The van der Waals surface area contributed by atoms with Crippen LogP contribution in [0.2, 0.25) is 0 Å². The first-order valence-corrected chi connectivity index (χ1v) is 7.22. The molecule has 0 aromatic carbocycles. The van der Waals surface area contributed by atoms with Gasteiger partial charge in [-0.05, 0) is 46.5 Å². The molecule has 1 heteroatoms. The lowest BCUT2D eigenvalue weighted by Crippen LogP contribution is -2.33. The third-order valence-corrected chi connectivity index (χ3v) is 3.58. The lowest BCUT2D eigenvalue weighted by molar-refractivity contribution is 0.348. The van der Waals surface area contributed by atoms with Crippen LogP contribution in [0.25, 0.3) is 0 Å². The Bertz CT molecular complexity index is 255. The average Bonchev–Trinajstić information content (AvgIpc) is 2.51. The van der Waals surface area contributed by atoms with Gasteiger partial charge in [0.2, 0.25) is 0 Å². The quantitative estimate of drug-likeness (QED) is 0.576. The summed E-state index contributed by atoms with van der Waals surface area (Å²) in [5.74, 6) is 7.40. The molecule has 0 unspecified atom stereocenters. The van der Waals surface area contributed by atoms with Crippen molar-refractivity contribution in [3.8, 4) is 11.8 Å². The molecule has 0 spiro atoms. The van der Waals surface area contributed by atoms with E-state index >= 15 is 0 Å². The Morgan fingerprint density at radius 2 is 1.71 bits per heavy atom. The SMILES string of the molecule is C[C@H](NCC#CC(C)(C)C)C1CCCCCC1. The summed E-state index contributed by atoms with van der Waals surface area (Å²) >= 11 is 0. The van der Waals surface area contributed by atoms with Gasteiger partial charge in [0.1, 0.15) is 0 Å². The molecule has 98 valence electrons. The second-order valence-electron chi connectivity index (χ2n) is 6.47. The minimum Gasteiger partial charge on any atom is -0.303 e. The van der Waals surface area contributed by atoms with E-state index in [0.29, 0.717) is 6.04 Å². The molecule has 1 saturated carbocycles. The third-order valence-electron chi connectivity index (χ3n) is 3.58. The molecular weight excluding hydrogens is 206 g/mol. The molecule has 0 heterocycles. The van der Waals surface area contributed by atoms with Crippen LogP contribution in [0.1, 0.15) is 66.2 Å². The summed E-state index contributed by atoms with van der Waals surface area (Å²) in [6, 6.07) is 0.627. The van der Waals surface area contributed by atoms with Crippen LogP contribution in [0, 0.1) is 23.2 Å². The Hall–Kier alpha value is -0.480. The Labute approximate surface area is 108 Å². The first kappa shape index (κ1) is 14.6. The largest absolute Gasteiger partial charge is 0.303 e. The summed E-state index contributed by atoms with van der Waals surface area (Å²) in [6.07, 6.45) is 8.52. The molecule has 1 aliphatic rings. The topological polar surface area (TPSA) is 12.0 Å². The van der Waals surface area contributed by atoms with Crippen molar-refractivity contribution in [1.82, 2.24) is 5.32 Å². The second kappa shape index (κ2) is 7.07. The van der Waals surface area contributed by atoms with Crippen molar-refractivity contribution < 1.29 is 0 Å². The van der Waals surface area contributed by atoms with E-state index in [1.54, 1.807) is 0 Å². The molecule has 1 rings (SSSR count). The molecule has 0 saturated heterocycles. The molecule has 1 fully saturated rings. The Morgan fingerprint density at radius 1 is 1.12 bits per heavy atom. The minimum absolute atomic E-state index is 0.132. The zero-order valence-electron chi connectivity index (χ0n) is 12.1. The second-order valence-corrected chi connectivity index (χ2v) is 6.47. The van der Waals surface area contributed by atoms with Crippen molar-refractivity contribution in [1.29, 1.82) is 0 Å². The van der Waals surface area contributed by atoms with Crippen molar-refractivity contribution in [2.24, 2.45) is 11.3 Å². The zero-order chi connectivity index (χ0) is 12.7. The van der Waals surface area contributed by atoms with Gasteiger partial charge >= 0.3 is 0 Å². The minimum atomic E-state index is 0.132. The van der Waals surface area contributed by atoms with E-state index in [4.69, 9.17) is 0 Å². The third kappa shape index (κ3) is 6.74. The van der Waals surface area contributed by atoms with Crippen molar-refractivity contribution in [3.63, 3.8) is 0 Å². The van der Waals surface area contributed by atoms with Crippen LogP contribution in [0.5, 0.6) is 0 Å². The summed E-state index contributed by atoms with van der Waals surface area (Å²) in [5, 5.41) is 3.58. The van der Waals surface area contributed by atoms with E-state index in [1.165, 1.54) is 38.5 Å². The van der Waals surface area contributed by atoms with Gasteiger partial charge in [0.15, 0.2) is 0 Å². The molecule has 0 radical (unpaired) electrons. The fourth-order valence-electron chi connectivity index (χ4n) is 2.50. The van der Waals surface area contributed by atoms with Crippen molar-refractivity contribution >= 4 is 0 Å². The normalized spacial score (nSPS) is 20.2. The first-order chi connectivity index (χ1) is 7.99. The number of hydrogen-bond acceptors (Lipinski definition) is 1. The van der Waals surface area contributed by atoms with Crippen LogP contribution < -0.4 is 5.32 Å². The van der Waals surface area contributed by atoms with Gasteiger partial charge in [0.25, 0.3) is 0 Å². The predicted octanol–water partition coefficient (Wildman–Crippen LogP) is 3.98. The highest BCUT2D eigenvalue weighted by Crippen LogP contribution is 2.25. The predicted molar refractivity (Wildman–Crippen MR) is 75.9 cm³/mol. The molecule has 1 atom stereocenters. The lowest BCUT2D eigenvalue weighted by atomic mass is 9.93. The van der Waals surface area contributed by atoms with Crippen LogP contribution in [-0.4, -0.2) is 12.6 Å².